The van der Waals surface area contributed by atoms with Crippen LogP contribution in [0, 0.1) is 25.2 Å². The highest BCUT2D eigenvalue weighted by molar-refractivity contribution is 7.16. The van der Waals surface area contributed by atoms with Crippen LogP contribution in [0.4, 0.5) is 5.00 Å². The van der Waals surface area contributed by atoms with Crippen molar-refractivity contribution in [2.24, 2.45) is 0 Å². The fraction of sp³-hybridized carbons (Fsp3) is 0.200. The predicted octanol–water partition coefficient (Wildman–Crippen LogP) is 5.13. The second-order valence-electron chi connectivity index (χ2n) is 7.10. The van der Waals surface area contributed by atoms with Gasteiger partial charge < -0.3 is 19.2 Å². The first-order valence-electron chi connectivity index (χ1n) is 10.3. The summed E-state index contributed by atoms with van der Waals surface area (Å²) in [4.78, 5) is 37.5. The molecule has 1 aromatic carbocycles. The average Bonchev–Trinajstić information content (AvgIpc) is 3.41. The summed E-state index contributed by atoms with van der Waals surface area (Å²) < 4.78 is 15.5. The first-order valence-corrected chi connectivity index (χ1v) is 11.1. The molecule has 0 radical (unpaired) electrons. The smallest absolute Gasteiger partial charge is 0.341 e. The van der Waals surface area contributed by atoms with E-state index in [0.717, 1.165) is 10.4 Å². The van der Waals surface area contributed by atoms with Gasteiger partial charge in [0.05, 0.1) is 24.8 Å². The van der Waals surface area contributed by atoms with E-state index < -0.39 is 17.8 Å². The topological polar surface area (TPSA) is 119 Å². The van der Waals surface area contributed by atoms with Crippen LogP contribution < -0.4 is 5.32 Å². The summed E-state index contributed by atoms with van der Waals surface area (Å²) in [7, 11) is 1.31. The van der Waals surface area contributed by atoms with Gasteiger partial charge in [-0.15, -0.1) is 11.3 Å². The van der Waals surface area contributed by atoms with E-state index in [1.54, 1.807) is 50.2 Å². The number of nitrogens with one attached hydrogen (secondary N) is 1. The molecule has 0 spiro atoms. The van der Waals surface area contributed by atoms with Crippen molar-refractivity contribution < 1.29 is 28.3 Å². The quantitative estimate of drug-likeness (QED) is 0.284. The number of rotatable bonds is 7. The van der Waals surface area contributed by atoms with E-state index in [1.165, 1.54) is 24.5 Å². The standard InChI is InChI=1S/C25H22N2O6S/c1-5-32-25(30)21-14(2)15(3)34-23(21)27-22(28)18(13-26)12-19-10-11-20(33-19)16-6-8-17(9-7-16)24(29)31-4/h6-12H,5H2,1-4H3,(H,27,28)/b18-12+. The number of benzene rings is 1. The molecule has 8 nitrogen and oxygen atoms in total. The molecule has 0 bridgehead atoms. The number of furan rings is 1. The van der Waals surface area contributed by atoms with Gasteiger partial charge >= 0.3 is 11.9 Å². The van der Waals surface area contributed by atoms with E-state index in [-0.39, 0.29) is 17.7 Å². The maximum atomic E-state index is 12.8. The molecular formula is C25H22N2O6S. The zero-order valence-electron chi connectivity index (χ0n) is 19.1. The van der Waals surface area contributed by atoms with Crippen LogP contribution in [0.1, 0.15) is 43.8 Å². The van der Waals surface area contributed by atoms with Gasteiger partial charge in [-0.1, -0.05) is 12.1 Å². The molecule has 9 heteroatoms. The minimum atomic E-state index is -0.672. The third kappa shape index (κ3) is 5.24. The molecule has 0 aliphatic heterocycles. The summed E-state index contributed by atoms with van der Waals surface area (Å²) in [6.45, 7) is 5.51. The van der Waals surface area contributed by atoms with Crippen molar-refractivity contribution in [1.29, 1.82) is 5.26 Å². The van der Waals surface area contributed by atoms with E-state index in [2.05, 4.69) is 10.1 Å². The van der Waals surface area contributed by atoms with E-state index >= 15 is 0 Å². The molecule has 2 aromatic heterocycles. The van der Waals surface area contributed by atoms with Crippen LogP contribution in [0.2, 0.25) is 0 Å². The molecule has 3 rings (SSSR count). The van der Waals surface area contributed by atoms with Crippen molar-refractivity contribution in [3.8, 4) is 17.4 Å². The Labute approximate surface area is 200 Å². The molecule has 0 unspecified atom stereocenters. The summed E-state index contributed by atoms with van der Waals surface area (Å²) in [5.41, 5.74) is 1.92. The first-order chi connectivity index (χ1) is 16.3. The molecule has 0 aliphatic rings. The first kappa shape index (κ1) is 24.5. The number of nitrogens with zero attached hydrogens (tertiary/aromatic N) is 1. The van der Waals surface area contributed by atoms with Crippen LogP contribution in [0.15, 0.2) is 46.4 Å². The Kier molecular flexibility index (Phi) is 7.66. The Morgan fingerprint density at radius 1 is 1.12 bits per heavy atom. The lowest BCUT2D eigenvalue weighted by molar-refractivity contribution is -0.112. The molecule has 2 heterocycles. The lowest BCUT2D eigenvalue weighted by atomic mass is 10.1. The second-order valence-corrected chi connectivity index (χ2v) is 8.33. The van der Waals surface area contributed by atoms with Gasteiger partial charge in [0.15, 0.2) is 0 Å². The minimum absolute atomic E-state index is 0.194. The van der Waals surface area contributed by atoms with Crippen molar-refractivity contribution >= 4 is 40.3 Å². The second kappa shape index (κ2) is 10.6. The molecule has 3 aromatic rings. The molecule has 0 atom stereocenters. The van der Waals surface area contributed by atoms with Crippen LogP contribution in [0.5, 0.6) is 0 Å². The van der Waals surface area contributed by atoms with E-state index in [9.17, 15) is 19.6 Å². The summed E-state index contributed by atoms with van der Waals surface area (Å²) in [6, 6.07) is 11.8. The number of thiophene rings is 1. The summed E-state index contributed by atoms with van der Waals surface area (Å²) in [6.07, 6.45) is 1.32. The van der Waals surface area contributed by atoms with Gasteiger partial charge in [-0.2, -0.15) is 5.26 Å². The van der Waals surface area contributed by atoms with E-state index in [0.29, 0.717) is 27.6 Å². The number of esters is 2. The fourth-order valence-electron chi connectivity index (χ4n) is 3.10. The summed E-state index contributed by atoms with van der Waals surface area (Å²) >= 11 is 1.24. The van der Waals surface area contributed by atoms with Crippen LogP contribution >= 0.6 is 11.3 Å². The predicted molar refractivity (Wildman–Crippen MR) is 127 cm³/mol. The number of hydrogen-bond acceptors (Lipinski definition) is 8. The van der Waals surface area contributed by atoms with Gasteiger partial charge in [0.2, 0.25) is 0 Å². The third-order valence-electron chi connectivity index (χ3n) is 4.96. The number of anilines is 1. The number of amides is 1. The minimum Gasteiger partial charge on any atom is -0.465 e. The van der Waals surface area contributed by atoms with E-state index in [4.69, 9.17) is 9.15 Å². The van der Waals surface area contributed by atoms with Crippen molar-refractivity contribution in [3.05, 3.63) is 69.3 Å². The van der Waals surface area contributed by atoms with Gasteiger partial charge in [0, 0.05) is 16.5 Å². The molecular weight excluding hydrogens is 456 g/mol. The van der Waals surface area contributed by atoms with Crippen LogP contribution in [-0.4, -0.2) is 31.6 Å². The zero-order valence-corrected chi connectivity index (χ0v) is 19.9. The number of carbonyl (C=O) groups is 3. The zero-order chi connectivity index (χ0) is 24.8. The molecule has 34 heavy (non-hydrogen) atoms. The molecule has 1 N–H and O–H groups in total. The number of hydrogen-bond donors (Lipinski definition) is 1. The van der Waals surface area contributed by atoms with Gasteiger partial charge in [-0.25, -0.2) is 9.59 Å². The Morgan fingerprint density at radius 3 is 2.44 bits per heavy atom. The highest BCUT2D eigenvalue weighted by atomic mass is 32.1. The maximum absolute atomic E-state index is 12.8. The summed E-state index contributed by atoms with van der Waals surface area (Å²) in [5, 5.41) is 12.5. The molecule has 174 valence electrons. The number of nitriles is 1. The Hall–Kier alpha value is -4.16. The van der Waals surface area contributed by atoms with Crippen LogP contribution in [0.3, 0.4) is 0 Å². The summed E-state index contributed by atoms with van der Waals surface area (Å²) in [5.74, 6) is -0.857. The van der Waals surface area contributed by atoms with E-state index in [1.807, 2.05) is 13.0 Å². The number of carbonyl (C=O) groups excluding carboxylic acids is 3. The van der Waals surface area contributed by atoms with Crippen LogP contribution in [0.25, 0.3) is 17.4 Å². The van der Waals surface area contributed by atoms with Gasteiger partial charge in [-0.3, -0.25) is 4.79 Å². The number of ether oxygens (including phenoxy) is 2. The van der Waals surface area contributed by atoms with Crippen molar-refractivity contribution in [3.63, 3.8) is 0 Å². The SMILES string of the molecule is CCOC(=O)c1c(NC(=O)/C(C#N)=C/c2ccc(-c3ccc(C(=O)OC)cc3)o2)sc(C)c1C. The lowest BCUT2D eigenvalue weighted by Gasteiger charge is -2.06. The van der Waals surface area contributed by atoms with Gasteiger partial charge in [0.25, 0.3) is 5.91 Å². The Morgan fingerprint density at radius 2 is 1.82 bits per heavy atom. The number of methoxy groups -OCH3 is 1. The highest BCUT2D eigenvalue weighted by Crippen LogP contribution is 2.33. The molecule has 0 saturated carbocycles. The molecule has 1 amide bonds. The molecule has 0 saturated heterocycles. The third-order valence-corrected chi connectivity index (χ3v) is 6.08. The molecule has 0 aliphatic carbocycles. The maximum Gasteiger partial charge on any atom is 0.341 e. The van der Waals surface area contributed by atoms with Crippen molar-refractivity contribution in [2.45, 2.75) is 20.8 Å². The Balaban J connectivity index is 1.82. The number of aryl methyl sites for hydroxylation is 1. The van der Waals surface area contributed by atoms with Gasteiger partial charge in [-0.05, 0) is 50.6 Å². The normalized spacial score (nSPS) is 11.0. The molecule has 0 fully saturated rings. The van der Waals surface area contributed by atoms with Crippen molar-refractivity contribution in [2.75, 3.05) is 19.0 Å². The largest absolute Gasteiger partial charge is 0.465 e. The lowest BCUT2D eigenvalue weighted by Crippen LogP contribution is -2.16. The Bertz CT molecular complexity index is 1310. The fourth-order valence-corrected chi connectivity index (χ4v) is 4.14. The average molecular weight is 479 g/mol. The van der Waals surface area contributed by atoms with Crippen LogP contribution in [-0.2, 0) is 14.3 Å². The van der Waals surface area contributed by atoms with Crippen molar-refractivity contribution in [1.82, 2.24) is 0 Å². The highest BCUT2D eigenvalue weighted by Gasteiger charge is 2.23. The monoisotopic (exact) mass is 478 g/mol. The van der Waals surface area contributed by atoms with Gasteiger partial charge in [0.1, 0.15) is 28.2 Å².